The minimum atomic E-state index is -2.20. The quantitative estimate of drug-likeness (QED) is 0.0692. The van der Waals surface area contributed by atoms with Crippen LogP contribution in [0, 0.1) is 41.7 Å². The zero-order valence-electron chi connectivity index (χ0n) is 30.9. The number of hydrogen-bond acceptors (Lipinski definition) is 4. The van der Waals surface area contributed by atoms with Crippen LogP contribution in [0.5, 0.6) is 0 Å². The van der Waals surface area contributed by atoms with Gasteiger partial charge >= 0.3 is 73.4 Å². The molecule has 1 saturated heterocycles. The van der Waals surface area contributed by atoms with Crippen molar-refractivity contribution in [2.45, 2.75) is 140 Å². The number of benzene rings is 2. The molecular formula is C40H55Cl2F5N3OPRu. The molecule has 2 heterocycles. The first-order valence-electron chi connectivity index (χ1n) is 19.4. The number of hydrazone groups is 1. The third kappa shape index (κ3) is 11.5. The second-order valence-electron chi connectivity index (χ2n) is 15.0. The van der Waals surface area contributed by atoms with Gasteiger partial charge in [0.25, 0.3) is 0 Å². The van der Waals surface area contributed by atoms with E-state index in [0.29, 0.717) is 17.5 Å². The molecule has 0 spiro atoms. The van der Waals surface area contributed by atoms with Crippen LogP contribution in [0.2, 0.25) is 0 Å². The molecule has 0 amide bonds. The number of hydrogen-bond donors (Lipinski definition) is 0. The van der Waals surface area contributed by atoms with E-state index in [-0.39, 0.29) is 26.5 Å². The molecule has 2 aromatic rings. The van der Waals surface area contributed by atoms with Crippen molar-refractivity contribution < 1.29 is 40.2 Å². The Morgan fingerprint density at radius 1 is 0.792 bits per heavy atom. The average Bonchev–Trinajstić information content (AvgIpc) is 3.62. The van der Waals surface area contributed by atoms with E-state index in [1.165, 1.54) is 23.6 Å². The molecule has 4 fully saturated rings. The summed E-state index contributed by atoms with van der Waals surface area (Å²) in [5.74, 6) is -9.51. The fourth-order valence-corrected chi connectivity index (χ4v) is 15.7. The molecule has 2 atom stereocenters. The van der Waals surface area contributed by atoms with Crippen molar-refractivity contribution in [1.29, 1.82) is 0 Å². The number of halogens is 7. The summed E-state index contributed by atoms with van der Waals surface area (Å²) in [6.45, 7) is 5.68. The monoisotopic (exact) mass is 891 g/mol. The summed E-state index contributed by atoms with van der Waals surface area (Å²) in [5.41, 5.74) is 3.70. The number of morpholine rings is 1. The van der Waals surface area contributed by atoms with E-state index in [1.54, 1.807) is 101 Å². The molecule has 2 aliphatic heterocycles. The number of ether oxygens (including phenoxy) is 1. The normalized spacial score (nSPS) is 22.3. The molecule has 0 bridgehead atoms. The van der Waals surface area contributed by atoms with Gasteiger partial charge in [-0.05, 0) is 83.0 Å². The van der Waals surface area contributed by atoms with Crippen LogP contribution in [-0.2, 0) is 18.3 Å². The van der Waals surface area contributed by atoms with E-state index in [9.17, 15) is 22.0 Å². The molecule has 0 N–H and O–H groups in total. The molecule has 0 radical (unpaired) electrons. The van der Waals surface area contributed by atoms with Crippen LogP contribution in [0.25, 0.3) is 0 Å². The summed E-state index contributed by atoms with van der Waals surface area (Å²) in [5, 5.41) is 4.62. The number of anilines is 1. The maximum atomic E-state index is 14.0. The van der Waals surface area contributed by atoms with E-state index < -0.39 is 48.3 Å². The molecule has 4 nitrogen and oxygen atoms in total. The standard InChI is InChI=1S/C18H33P.C15H15F5N3O.C7H6.2ClH.Ru/c1-4-10-16(11-5-1)19(17-12-6-2-7-13-17)18-14-8-3-9-15-18;1-3-7(2)8-4-24-5-9-21-23(6-22(8)9)15-13(19)11(17)10(16)12(18)14(15)20;1-7-5-3-2-4-6-7;;;/h16-18H,1-15H2;6-8H,3-5H2,1-2H3;1-6H;2*1H;/q;-1;;;;+2/p-1/t;7?,8-;;;;/m.1..../s1. The zero-order valence-corrected chi connectivity index (χ0v) is 35.2. The van der Waals surface area contributed by atoms with Gasteiger partial charge < -0.3 is 14.6 Å². The Morgan fingerprint density at radius 3 is 1.72 bits per heavy atom. The van der Waals surface area contributed by atoms with Gasteiger partial charge in [0.05, 0.1) is 23.6 Å². The Bertz CT molecular complexity index is 1450. The maximum absolute atomic E-state index is 14.0. The summed E-state index contributed by atoms with van der Waals surface area (Å²) >= 11 is -1.61. The van der Waals surface area contributed by atoms with Gasteiger partial charge in [0.15, 0.2) is 23.3 Å². The van der Waals surface area contributed by atoms with E-state index in [4.69, 9.17) is 24.1 Å². The van der Waals surface area contributed by atoms with Crippen LogP contribution in [0.1, 0.15) is 122 Å². The number of amidine groups is 1. The van der Waals surface area contributed by atoms with Crippen LogP contribution in [0.4, 0.5) is 27.6 Å². The predicted octanol–water partition coefficient (Wildman–Crippen LogP) is 12.3. The fraction of sp³-hybridized carbons (Fsp3) is 0.625. The Balaban J connectivity index is 0.000000166. The van der Waals surface area contributed by atoms with Gasteiger partial charge in [0.1, 0.15) is 18.1 Å². The Morgan fingerprint density at radius 2 is 1.26 bits per heavy atom. The SMILES string of the molecule is C1CCC([PH+](C2CCCCC2)C2CCCCC2)CC1.CCC(C)[C@H]1COCC2=NN(c3c(F)c(F)c(F)c(F)c3F)[CH-]N21.[Cl][Ru]([Cl])=[CH]c1ccccc1. The van der Waals surface area contributed by atoms with Crippen molar-refractivity contribution >= 4 is 43.4 Å². The van der Waals surface area contributed by atoms with Gasteiger partial charge in [-0.1, -0.05) is 39.5 Å². The Hall–Kier alpha value is -1.18. The van der Waals surface area contributed by atoms with E-state index in [0.717, 1.165) is 12.0 Å². The fourth-order valence-electron chi connectivity index (χ4n) is 8.65. The summed E-state index contributed by atoms with van der Waals surface area (Å²) in [7, 11) is 11.3. The first kappa shape index (κ1) is 43.0. The third-order valence-electron chi connectivity index (χ3n) is 11.6. The summed E-state index contributed by atoms with van der Waals surface area (Å²) in [4.78, 5) is 1.66. The van der Waals surface area contributed by atoms with Crippen molar-refractivity contribution in [2.75, 3.05) is 18.2 Å². The van der Waals surface area contributed by atoms with Crippen molar-refractivity contribution in [3.05, 3.63) is 71.7 Å². The number of rotatable bonds is 7. The molecule has 0 aromatic heterocycles. The second kappa shape index (κ2) is 21.4. The molecule has 3 saturated carbocycles. The molecule has 13 heteroatoms. The third-order valence-corrected chi connectivity index (χ3v) is 18.0. The number of fused-ring (bicyclic) bond motifs is 1. The molecule has 298 valence electrons. The Kier molecular flexibility index (Phi) is 17.3. The minimum absolute atomic E-state index is 0.0465. The predicted molar refractivity (Wildman–Crippen MR) is 209 cm³/mol. The summed E-state index contributed by atoms with van der Waals surface area (Å²) in [6.07, 6.45) is 24.6. The molecule has 2 aromatic carbocycles. The van der Waals surface area contributed by atoms with Crippen molar-refractivity contribution in [3.63, 3.8) is 0 Å². The van der Waals surface area contributed by atoms with E-state index in [1.807, 2.05) is 48.8 Å². The molecule has 5 aliphatic rings. The van der Waals surface area contributed by atoms with Gasteiger partial charge in [-0.3, -0.25) is 0 Å². The zero-order chi connectivity index (χ0) is 37.9. The topological polar surface area (TPSA) is 28.1 Å². The number of nitrogens with zero attached hydrogens (tertiary/aromatic N) is 3. The Labute approximate surface area is 327 Å². The molecule has 7 rings (SSSR count). The molecule has 1 unspecified atom stereocenters. The summed E-state index contributed by atoms with van der Waals surface area (Å²) < 4.78 is 75.2. The molecule has 53 heavy (non-hydrogen) atoms. The molecule has 3 aliphatic carbocycles. The van der Waals surface area contributed by atoms with Crippen molar-refractivity contribution in [2.24, 2.45) is 11.0 Å². The van der Waals surface area contributed by atoms with Crippen molar-refractivity contribution in [3.8, 4) is 0 Å². The average molecular weight is 892 g/mol. The van der Waals surface area contributed by atoms with Gasteiger partial charge in [-0.15, -0.1) is 6.67 Å². The van der Waals surface area contributed by atoms with Gasteiger partial charge in [-0.2, -0.15) is 5.10 Å². The summed E-state index contributed by atoms with van der Waals surface area (Å²) in [6, 6.07) is 9.76. The van der Waals surface area contributed by atoms with Crippen molar-refractivity contribution in [1.82, 2.24) is 4.90 Å². The van der Waals surface area contributed by atoms with Gasteiger partial charge in [0.2, 0.25) is 5.82 Å². The second-order valence-corrected chi connectivity index (χ2v) is 24.2. The first-order chi connectivity index (χ1) is 25.6. The van der Waals surface area contributed by atoms with Crippen LogP contribution >= 0.6 is 27.3 Å². The van der Waals surface area contributed by atoms with Crippen LogP contribution in [0.15, 0.2) is 35.4 Å². The van der Waals surface area contributed by atoms with Crippen LogP contribution in [0.3, 0.4) is 0 Å². The van der Waals surface area contributed by atoms with E-state index in [2.05, 4.69) is 5.10 Å². The van der Waals surface area contributed by atoms with Crippen LogP contribution in [-0.4, -0.2) is 51.6 Å². The van der Waals surface area contributed by atoms with Gasteiger partial charge in [0, 0.05) is 14.0 Å². The van der Waals surface area contributed by atoms with Crippen LogP contribution < -0.4 is 5.01 Å². The molecular weight excluding hydrogens is 836 g/mol. The van der Waals surface area contributed by atoms with E-state index >= 15 is 0 Å². The van der Waals surface area contributed by atoms with Gasteiger partial charge in [-0.25, -0.2) is 22.0 Å². The first-order valence-corrected chi connectivity index (χ1v) is 26.7.